The van der Waals surface area contributed by atoms with Gasteiger partial charge in [0.25, 0.3) is 11.8 Å². The standard InChI is InChI=1S/C17H18BrN3O2/c1-2-3-9-20-21(16(22)13-7-10-19-11-8-13)17(23)14-5-4-6-15(18)12-14/h4-8,10-12,20H,2-3,9H2,1H3. The maximum Gasteiger partial charge on any atom is 0.275 e. The van der Waals surface area contributed by atoms with E-state index in [0.29, 0.717) is 17.7 Å². The Balaban J connectivity index is 2.26. The van der Waals surface area contributed by atoms with Crippen LogP contribution in [0, 0.1) is 0 Å². The molecule has 1 aromatic carbocycles. The highest BCUT2D eigenvalue weighted by molar-refractivity contribution is 9.10. The molecule has 2 rings (SSSR count). The number of aromatic nitrogens is 1. The van der Waals surface area contributed by atoms with Crippen LogP contribution >= 0.6 is 15.9 Å². The summed E-state index contributed by atoms with van der Waals surface area (Å²) in [5.74, 6) is -0.780. The Kier molecular flexibility index (Phi) is 6.43. The molecule has 0 aliphatic carbocycles. The molecule has 0 saturated heterocycles. The van der Waals surface area contributed by atoms with Crippen LogP contribution in [0.1, 0.15) is 40.5 Å². The SMILES string of the molecule is CCCCNN(C(=O)c1ccncc1)C(=O)c1cccc(Br)c1. The summed E-state index contributed by atoms with van der Waals surface area (Å²) < 4.78 is 0.785. The number of carbonyl (C=O) groups is 2. The number of halogens is 1. The third-order valence-corrected chi connectivity index (χ3v) is 3.70. The minimum absolute atomic E-state index is 0.385. The van der Waals surface area contributed by atoms with Crippen LogP contribution < -0.4 is 5.43 Å². The molecule has 0 fully saturated rings. The fourth-order valence-electron chi connectivity index (χ4n) is 1.98. The van der Waals surface area contributed by atoms with Crippen LogP contribution in [-0.4, -0.2) is 28.4 Å². The van der Waals surface area contributed by atoms with Crippen molar-refractivity contribution in [2.45, 2.75) is 19.8 Å². The molecule has 0 aliphatic heterocycles. The first kappa shape index (κ1) is 17.3. The molecule has 5 nitrogen and oxygen atoms in total. The molecule has 6 heteroatoms. The summed E-state index contributed by atoms with van der Waals surface area (Å²) in [5, 5.41) is 1.08. The topological polar surface area (TPSA) is 62.3 Å². The molecule has 23 heavy (non-hydrogen) atoms. The van der Waals surface area contributed by atoms with Crippen molar-refractivity contribution in [3.63, 3.8) is 0 Å². The second-order valence-corrected chi connectivity index (χ2v) is 5.87. The minimum atomic E-state index is -0.395. The van der Waals surface area contributed by atoms with Crippen molar-refractivity contribution < 1.29 is 9.59 Å². The van der Waals surface area contributed by atoms with Gasteiger partial charge < -0.3 is 0 Å². The van der Waals surface area contributed by atoms with E-state index >= 15 is 0 Å². The second-order valence-electron chi connectivity index (χ2n) is 4.95. The van der Waals surface area contributed by atoms with Gasteiger partial charge >= 0.3 is 0 Å². The van der Waals surface area contributed by atoms with Crippen LogP contribution in [0.4, 0.5) is 0 Å². The van der Waals surface area contributed by atoms with Gasteiger partial charge in [0.05, 0.1) is 0 Å². The monoisotopic (exact) mass is 375 g/mol. The van der Waals surface area contributed by atoms with Gasteiger partial charge in [0.1, 0.15) is 0 Å². The minimum Gasteiger partial charge on any atom is -0.267 e. The Morgan fingerprint density at radius 1 is 1.13 bits per heavy atom. The molecule has 0 saturated carbocycles. The number of nitrogens with one attached hydrogen (secondary N) is 1. The zero-order valence-electron chi connectivity index (χ0n) is 12.8. The molecular weight excluding hydrogens is 358 g/mol. The van der Waals surface area contributed by atoms with Crippen LogP contribution in [0.25, 0.3) is 0 Å². The van der Waals surface area contributed by atoms with Gasteiger partial charge in [-0.25, -0.2) is 10.4 Å². The zero-order chi connectivity index (χ0) is 16.7. The summed E-state index contributed by atoms with van der Waals surface area (Å²) in [6.45, 7) is 2.60. The predicted octanol–water partition coefficient (Wildman–Crippen LogP) is 3.43. The Morgan fingerprint density at radius 2 is 1.83 bits per heavy atom. The lowest BCUT2D eigenvalue weighted by Gasteiger charge is -2.22. The van der Waals surface area contributed by atoms with Crippen molar-refractivity contribution in [1.29, 1.82) is 0 Å². The molecule has 2 aromatic rings. The number of benzene rings is 1. The maximum atomic E-state index is 12.7. The molecule has 1 N–H and O–H groups in total. The average molecular weight is 376 g/mol. The first-order chi connectivity index (χ1) is 11.1. The number of hydrazine groups is 1. The molecular formula is C17H18BrN3O2. The molecule has 1 heterocycles. The molecule has 0 unspecified atom stereocenters. The van der Waals surface area contributed by atoms with Crippen LogP contribution in [0.3, 0.4) is 0 Å². The molecule has 0 bridgehead atoms. The van der Waals surface area contributed by atoms with Crippen molar-refractivity contribution in [2.24, 2.45) is 0 Å². The van der Waals surface area contributed by atoms with Crippen LogP contribution in [-0.2, 0) is 0 Å². The van der Waals surface area contributed by atoms with Crippen LogP contribution in [0.15, 0.2) is 53.3 Å². The first-order valence-corrected chi connectivity index (χ1v) is 8.20. The number of imide groups is 1. The number of nitrogens with zero attached hydrogens (tertiary/aromatic N) is 2. The van der Waals surface area contributed by atoms with Gasteiger partial charge in [-0.05, 0) is 36.8 Å². The fourth-order valence-corrected chi connectivity index (χ4v) is 2.38. The molecule has 0 atom stereocenters. The molecule has 120 valence electrons. The van der Waals surface area contributed by atoms with Gasteiger partial charge in [0.15, 0.2) is 0 Å². The highest BCUT2D eigenvalue weighted by Gasteiger charge is 2.24. The largest absolute Gasteiger partial charge is 0.275 e. The number of rotatable bonds is 6. The van der Waals surface area contributed by atoms with E-state index < -0.39 is 5.91 Å². The van der Waals surface area contributed by atoms with Gasteiger partial charge in [-0.3, -0.25) is 14.6 Å². The number of pyridine rings is 1. The summed E-state index contributed by atoms with van der Waals surface area (Å²) in [6.07, 6.45) is 4.89. The summed E-state index contributed by atoms with van der Waals surface area (Å²) in [5.41, 5.74) is 3.78. The van der Waals surface area contributed by atoms with E-state index in [4.69, 9.17) is 0 Å². The summed E-state index contributed by atoms with van der Waals surface area (Å²) in [6, 6.07) is 10.1. The van der Waals surface area contributed by atoms with E-state index in [1.54, 1.807) is 30.3 Å². The third kappa shape index (κ3) is 4.71. The average Bonchev–Trinajstić information content (AvgIpc) is 2.58. The number of hydrogen-bond acceptors (Lipinski definition) is 4. The summed E-state index contributed by atoms with van der Waals surface area (Å²) in [7, 11) is 0. The van der Waals surface area contributed by atoms with Crippen molar-refractivity contribution in [2.75, 3.05) is 6.54 Å². The molecule has 0 spiro atoms. The van der Waals surface area contributed by atoms with E-state index in [1.165, 1.54) is 12.4 Å². The third-order valence-electron chi connectivity index (χ3n) is 3.21. The van der Waals surface area contributed by atoms with E-state index in [1.807, 2.05) is 13.0 Å². The van der Waals surface area contributed by atoms with Gasteiger partial charge in [-0.15, -0.1) is 0 Å². The van der Waals surface area contributed by atoms with Gasteiger partial charge in [0, 0.05) is 34.5 Å². The van der Waals surface area contributed by atoms with E-state index in [-0.39, 0.29) is 5.91 Å². The van der Waals surface area contributed by atoms with Crippen molar-refractivity contribution in [1.82, 2.24) is 15.4 Å². The highest BCUT2D eigenvalue weighted by atomic mass is 79.9. The Labute approximate surface area is 143 Å². The fraction of sp³-hybridized carbons (Fsp3) is 0.235. The van der Waals surface area contributed by atoms with Crippen molar-refractivity contribution in [3.05, 3.63) is 64.4 Å². The van der Waals surface area contributed by atoms with Crippen molar-refractivity contribution in [3.8, 4) is 0 Å². The van der Waals surface area contributed by atoms with E-state index in [0.717, 1.165) is 22.3 Å². The summed E-state index contributed by atoms with van der Waals surface area (Å²) >= 11 is 3.34. The zero-order valence-corrected chi connectivity index (χ0v) is 14.4. The number of amides is 2. The summed E-state index contributed by atoms with van der Waals surface area (Å²) in [4.78, 5) is 29.2. The van der Waals surface area contributed by atoms with Crippen LogP contribution in [0.5, 0.6) is 0 Å². The normalized spacial score (nSPS) is 10.3. The Morgan fingerprint density at radius 3 is 2.48 bits per heavy atom. The maximum absolute atomic E-state index is 12.7. The lowest BCUT2D eigenvalue weighted by molar-refractivity contribution is 0.0526. The van der Waals surface area contributed by atoms with Crippen molar-refractivity contribution >= 4 is 27.7 Å². The second kappa shape index (κ2) is 8.55. The molecule has 0 radical (unpaired) electrons. The molecule has 2 amide bonds. The Bertz CT molecular complexity index is 677. The smallest absolute Gasteiger partial charge is 0.267 e. The molecule has 0 aliphatic rings. The molecule has 1 aromatic heterocycles. The Hall–Kier alpha value is -2.05. The first-order valence-electron chi connectivity index (χ1n) is 7.41. The van der Waals surface area contributed by atoms with Gasteiger partial charge in [0.2, 0.25) is 0 Å². The lowest BCUT2D eigenvalue weighted by atomic mass is 10.2. The number of unbranched alkanes of at least 4 members (excludes halogenated alkanes) is 1. The quantitative estimate of drug-likeness (QED) is 0.477. The predicted molar refractivity (Wildman–Crippen MR) is 91.8 cm³/mol. The van der Waals surface area contributed by atoms with Crippen LogP contribution in [0.2, 0.25) is 0 Å². The number of carbonyl (C=O) groups excluding carboxylic acids is 2. The van der Waals surface area contributed by atoms with E-state index in [9.17, 15) is 9.59 Å². The van der Waals surface area contributed by atoms with E-state index in [2.05, 4.69) is 26.3 Å². The van der Waals surface area contributed by atoms with Gasteiger partial charge in [-0.1, -0.05) is 35.3 Å². The number of hydrogen-bond donors (Lipinski definition) is 1. The van der Waals surface area contributed by atoms with Gasteiger partial charge in [-0.2, -0.15) is 0 Å². The highest BCUT2D eigenvalue weighted by Crippen LogP contribution is 2.14. The lowest BCUT2D eigenvalue weighted by Crippen LogP contribution is -2.47.